The van der Waals surface area contributed by atoms with Gasteiger partial charge in [-0.2, -0.15) is 5.06 Å². The quantitative estimate of drug-likeness (QED) is 0.388. The molecular weight excluding hydrogens is 122 g/mol. The van der Waals surface area contributed by atoms with E-state index in [1.165, 1.54) is 0 Å². The van der Waals surface area contributed by atoms with Gasteiger partial charge in [-0.15, -0.1) is 0 Å². The Hall–Kier alpha value is -0.900. The zero-order valence-corrected chi connectivity index (χ0v) is 5.24. The molecule has 9 heavy (non-hydrogen) atoms. The molecule has 4 heteroatoms. The van der Waals surface area contributed by atoms with Crippen molar-refractivity contribution in [1.82, 2.24) is 5.06 Å². The fraction of sp³-hybridized carbons (Fsp3) is 0.600. The number of imide groups is 1. The van der Waals surface area contributed by atoms with Crippen LogP contribution in [0.2, 0.25) is 0 Å². The number of nitrogens with zero attached hydrogens (tertiary/aromatic N) is 1. The zero-order chi connectivity index (χ0) is 7.11. The maximum Gasteiger partial charge on any atom is 0.240 e. The Morgan fingerprint density at radius 1 is 1.44 bits per heavy atom. The number of hydrogen-bond donors (Lipinski definition) is 0. The standard InChI is InChI=1S/C5H9NO3/c1-2-3-9-6(4-7)5-8/h4-5H,2-3H2,1H3. The Kier molecular flexibility index (Phi) is 4.72. The third-order valence-electron chi connectivity index (χ3n) is 0.652. The van der Waals surface area contributed by atoms with E-state index in [4.69, 9.17) is 0 Å². The van der Waals surface area contributed by atoms with Crippen LogP contribution in [0.4, 0.5) is 0 Å². The van der Waals surface area contributed by atoms with Crippen molar-refractivity contribution in [3.63, 3.8) is 0 Å². The summed E-state index contributed by atoms with van der Waals surface area (Å²) < 4.78 is 0. The van der Waals surface area contributed by atoms with Gasteiger partial charge in [0.25, 0.3) is 0 Å². The van der Waals surface area contributed by atoms with Crippen molar-refractivity contribution in [2.45, 2.75) is 13.3 Å². The van der Waals surface area contributed by atoms with Gasteiger partial charge in [-0.1, -0.05) is 6.92 Å². The zero-order valence-electron chi connectivity index (χ0n) is 5.24. The molecule has 0 spiro atoms. The van der Waals surface area contributed by atoms with Crippen molar-refractivity contribution < 1.29 is 14.4 Å². The van der Waals surface area contributed by atoms with Crippen molar-refractivity contribution in [3.8, 4) is 0 Å². The fourth-order valence-corrected chi connectivity index (χ4v) is 0.282. The summed E-state index contributed by atoms with van der Waals surface area (Å²) in [7, 11) is 0. The minimum absolute atomic E-state index is 0.322. The van der Waals surface area contributed by atoms with Gasteiger partial charge < -0.3 is 0 Å². The van der Waals surface area contributed by atoms with Crippen LogP contribution in [0.1, 0.15) is 13.3 Å². The van der Waals surface area contributed by atoms with E-state index in [0.29, 0.717) is 24.5 Å². The molecule has 2 amide bonds. The Bertz CT molecular complexity index is 86.2. The van der Waals surface area contributed by atoms with E-state index in [9.17, 15) is 9.59 Å². The predicted molar refractivity (Wildman–Crippen MR) is 30.2 cm³/mol. The highest BCUT2D eigenvalue weighted by Crippen LogP contribution is 1.82. The van der Waals surface area contributed by atoms with Gasteiger partial charge in [0, 0.05) is 0 Å². The molecule has 0 N–H and O–H groups in total. The molecule has 0 radical (unpaired) electrons. The molecule has 0 aliphatic carbocycles. The van der Waals surface area contributed by atoms with Gasteiger partial charge in [0.05, 0.1) is 6.61 Å². The molecule has 4 nitrogen and oxygen atoms in total. The number of carbonyl (C=O) groups excluding carboxylic acids is 2. The van der Waals surface area contributed by atoms with E-state index >= 15 is 0 Å². The highest BCUT2D eigenvalue weighted by molar-refractivity contribution is 5.66. The van der Waals surface area contributed by atoms with Gasteiger partial charge in [-0.05, 0) is 6.42 Å². The fourth-order valence-electron chi connectivity index (χ4n) is 0.282. The first-order chi connectivity index (χ1) is 4.35. The van der Waals surface area contributed by atoms with Gasteiger partial charge in [0.15, 0.2) is 0 Å². The van der Waals surface area contributed by atoms with E-state index in [0.717, 1.165) is 6.42 Å². The van der Waals surface area contributed by atoms with E-state index < -0.39 is 0 Å². The highest BCUT2D eigenvalue weighted by atomic mass is 16.7. The Labute approximate surface area is 53.3 Å². The van der Waals surface area contributed by atoms with Crippen LogP contribution in [0.3, 0.4) is 0 Å². The van der Waals surface area contributed by atoms with Crippen LogP contribution >= 0.6 is 0 Å². The molecule has 0 aliphatic rings. The summed E-state index contributed by atoms with van der Waals surface area (Å²) in [6.07, 6.45) is 1.42. The first-order valence-corrected chi connectivity index (χ1v) is 2.67. The normalized spacial score (nSPS) is 8.56. The third-order valence-corrected chi connectivity index (χ3v) is 0.652. The molecule has 0 atom stereocenters. The van der Waals surface area contributed by atoms with E-state index in [1.54, 1.807) is 0 Å². The second kappa shape index (κ2) is 5.24. The van der Waals surface area contributed by atoms with Crippen LogP contribution in [0.5, 0.6) is 0 Å². The van der Waals surface area contributed by atoms with Crippen molar-refractivity contribution >= 4 is 12.8 Å². The van der Waals surface area contributed by atoms with Crippen molar-refractivity contribution in [2.75, 3.05) is 6.61 Å². The lowest BCUT2D eigenvalue weighted by Gasteiger charge is -2.05. The molecular formula is C5H9NO3. The topological polar surface area (TPSA) is 46.6 Å². The van der Waals surface area contributed by atoms with Crippen LogP contribution in [-0.2, 0) is 14.4 Å². The maximum absolute atomic E-state index is 9.81. The lowest BCUT2D eigenvalue weighted by atomic mass is 10.5. The lowest BCUT2D eigenvalue weighted by molar-refractivity contribution is -0.175. The SMILES string of the molecule is CCCON(C=O)C=O. The number of amides is 2. The summed E-state index contributed by atoms with van der Waals surface area (Å²) in [5.41, 5.74) is 0. The first-order valence-electron chi connectivity index (χ1n) is 2.67. The first kappa shape index (κ1) is 8.10. The van der Waals surface area contributed by atoms with Crippen LogP contribution in [-0.4, -0.2) is 24.5 Å². The molecule has 0 bridgehead atoms. The van der Waals surface area contributed by atoms with Gasteiger partial charge in [-0.3, -0.25) is 14.4 Å². The molecule has 0 fully saturated rings. The Morgan fingerprint density at radius 3 is 2.33 bits per heavy atom. The van der Waals surface area contributed by atoms with Crippen molar-refractivity contribution in [3.05, 3.63) is 0 Å². The minimum Gasteiger partial charge on any atom is -0.276 e. The van der Waals surface area contributed by atoms with Gasteiger partial charge in [0.1, 0.15) is 0 Å². The largest absolute Gasteiger partial charge is 0.276 e. The molecule has 0 aliphatic heterocycles. The molecule has 0 saturated carbocycles. The Balaban J connectivity index is 3.30. The molecule has 0 saturated heterocycles. The van der Waals surface area contributed by atoms with Gasteiger partial charge in [0.2, 0.25) is 12.8 Å². The molecule has 0 rings (SSSR count). The van der Waals surface area contributed by atoms with Crippen LogP contribution in [0.15, 0.2) is 0 Å². The Morgan fingerprint density at radius 2 is 2.00 bits per heavy atom. The summed E-state index contributed by atoms with van der Waals surface area (Å²) in [6.45, 7) is 2.27. The average molecular weight is 131 g/mol. The molecule has 0 unspecified atom stereocenters. The summed E-state index contributed by atoms with van der Waals surface area (Å²) in [5.74, 6) is 0. The number of hydroxylamine groups is 2. The highest BCUT2D eigenvalue weighted by Gasteiger charge is 1.94. The van der Waals surface area contributed by atoms with E-state index in [-0.39, 0.29) is 0 Å². The summed E-state index contributed by atoms with van der Waals surface area (Å²) >= 11 is 0. The molecule has 0 aromatic carbocycles. The third kappa shape index (κ3) is 3.66. The van der Waals surface area contributed by atoms with Crippen LogP contribution < -0.4 is 0 Å². The van der Waals surface area contributed by atoms with Crippen LogP contribution in [0.25, 0.3) is 0 Å². The monoisotopic (exact) mass is 131 g/mol. The second-order valence-electron chi connectivity index (χ2n) is 1.40. The van der Waals surface area contributed by atoms with Gasteiger partial charge >= 0.3 is 0 Å². The molecule has 0 aromatic heterocycles. The maximum atomic E-state index is 9.81. The molecule has 0 aromatic rings. The summed E-state index contributed by atoms with van der Waals surface area (Å²) in [5, 5.41) is 0.601. The summed E-state index contributed by atoms with van der Waals surface area (Å²) in [6, 6.07) is 0. The minimum atomic E-state index is 0.322. The average Bonchev–Trinajstić information content (AvgIpc) is 1.91. The number of hydrogen-bond acceptors (Lipinski definition) is 3. The molecule has 52 valence electrons. The second-order valence-corrected chi connectivity index (χ2v) is 1.40. The number of rotatable bonds is 5. The lowest BCUT2D eigenvalue weighted by Crippen LogP contribution is -2.20. The van der Waals surface area contributed by atoms with E-state index in [1.807, 2.05) is 6.92 Å². The summed E-state index contributed by atoms with van der Waals surface area (Å²) in [4.78, 5) is 24.2. The molecule has 0 heterocycles. The van der Waals surface area contributed by atoms with E-state index in [2.05, 4.69) is 4.84 Å². The van der Waals surface area contributed by atoms with Crippen LogP contribution in [0, 0.1) is 0 Å². The predicted octanol–water partition coefficient (Wildman–Crippen LogP) is -0.0572. The van der Waals surface area contributed by atoms with Gasteiger partial charge in [-0.25, -0.2) is 0 Å². The smallest absolute Gasteiger partial charge is 0.240 e. The number of carbonyl (C=O) groups is 2. The van der Waals surface area contributed by atoms with Crippen molar-refractivity contribution in [2.24, 2.45) is 0 Å². The van der Waals surface area contributed by atoms with Crippen molar-refractivity contribution in [1.29, 1.82) is 0 Å².